The van der Waals surface area contributed by atoms with Crippen LogP contribution in [-0.4, -0.2) is 29.1 Å². The van der Waals surface area contributed by atoms with Crippen molar-refractivity contribution in [2.45, 2.75) is 11.3 Å². The molecule has 8 heteroatoms. The molecular weight excluding hydrogens is 422 g/mol. The standard InChI is InChI=1S/C17H18BrN3O2S2/c18-13-3-1-2-12(10-13)11-16(21-23)17(22)20-8-9-24-25-15-6-4-14(19)5-7-15/h1-7,10,23H,8-9,11,19H2,(H,20,22)/b21-16-. The number of oxime groups is 1. The molecule has 132 valence electrons. The molecule has 2 aromatic rings. The number of anilines is 1. The maximum atomic E-state index is 12.1. The fraction of sp³-hybridized carbons (Fsp3) is 0.176. The van der Waals surface area contributed by atoms with Crippen LogP contribution in [0, 0.1) is 0 Å². The fourth-order valence-corrected chi connectivity index (χ4v) is 4.28. The molecule has 2 aromatic carbocycles. The zero-order valence-electron chi connectivity index (χ0n) is 13.3. The highest BCUT2D eigenvalue weighted by Crippen LogP contribution is 2.30. The van der Waals surface area contributed by atoms with E-state index in [1.165, 1.54) is 0 Å². The minimum atomic E-state index is -0.361. The number of halogens is 1. The van der Waals surface area contributed by atoms with E-state index >= 15 is 0 Å². The van der Waals surface area contributed by atoms with Crippen LogP contribution in [0.15, 0.2) is 63.1 Å². The van der Waals surface area contributed by atoms with Gasteiger partial charge in [-0.2, -0.15) is 0 Å². The van der Waals surface area contributed by atoms with Crippen molar-refractivity contribution in [1.82, 2.24) is 5.32 Å². The summed E-state index contributed by atoms with van der Waals surface area (Å²) in [5.41, 5.74) is 7.37. The lowest BCUT2D eigenvalue weighted by Crippen LogP contribution is -2.33. The second-order valence-electron chi connectivity index (χ2n) is 5.08. The SMILES string of the molecule is Nc1ccc(SSCCNC(=O)/C(Cc2cccc(Br)c2)=N\O)cc1. The van der Waals surface area contributed by atoms with Gasteiger partial charge in [-0.1, -0.05) is 54.8 Å². The molecule has 0 saturated heterocycles. The quantitative estimate of drug-likeness (QED) is 0.144. The Kier molecular flexibility index (Phi) is 8.17. The van der Waals surface area contributed by atoms with Crippen molar-refractivity contribution in [3.8, 4) is 0 Å². The van der Waals surface area contributed by atoms with Crippen LogP contribution in [0.5, 0.6) is 0 Å². The topological polar surface area (TPSA) is 87.7 Å². The van der Waals surface area contributed by atoms with Crippen molar-refractivity contribution >= 4 is 54.8 Å². The fourth-order valence-electron chi connectivity index (χ4n) is 1.94. The highest BCUT2D eigenvalue weighted by atomic mass is 79.9. The summed E-state index contributed by atoms with van der Waals surface area (Å²) >= 11 is 3.38. The zero-order chi connectivity index (χ0) is 18.1. The summed E-state index contributed by atoms with van der Waals surface area (Å²) in [4.78, 5) is 13.2. The van der Waals surface area contributed by atoms with Gasteiger partial charge in [-0.05, 0) is 42.0 Å². The van der Waals surface area contributed by atoms with Gasteiger partial charge in [0, 0.05) is 33.8 Å². The van der Waals surface area contributed by atoms with E-state index in [0.717, 1.165) is 26.4 Å². The number of nitrogens with one attached hydrogen (secondary N) is 1. The van der Waals surface area contributed by atoms with Gasteiger partial charge in [0.05, 0.1) is 0 Å². The summed E-state index contributed by atoms with van der Waals surface area (Å²) < 4.78 is 0.916. The molecule has 0 heterocycles. The first-order valence-electron chi connectivity index (χ1n) is 7.47. The lowest BCUT2D eigenvalue weighted by Gasteiger charge is -2.07. The van der Waals surface area contributed by atoms with Gasteiger partial charge in [-0.3, -0.25) is 4.79 Å². The predicted octanol–water partition coefficient (Wildman–Crippen LogP) is 3.96. The predicted molar refractivity (Wildman–Crippen MR) is 109 cm³/mol. The summed E-state index contributed by atoms with van der Waals surface area (Å²) in [6, 6.07) is 15.2. The lowest BCUT2D eigenvalue weighted by molar-refractivity contribution is -0.114. The van der Waals surface area contributed by atoms with Crippen LogP contribution in [0.3, 0.4) is 0 Å². The van der Waals surface area contributed by atoms with Crippen molar-refractivity contribution in [1.29, 1.82) is 0 Å². The molecule has 0 atom stereocenters. The van der Waals surface area contributed by atoms with Crippen LogP contribution in [0.2, 0.25) is 0 Å². The molecule has 0 fully saturated rings. The van der Waals surface area contributed by atoms with E-state index in [2.05, 4.69) is 26.4 Å². The Morgan fingerprint density at radius 1 is 1.24 bits per heavy atom. The number of hydrogen-bond donors (Lipinski definition) is 3. The maximum Gasteiger partial charge on any atom is 0.269 e. The molecule has 0 bridgehead atoms. The molecule has 5 nitrogen and oxygen atoms in total. The molecular formula is C17H18BrN3O2S2. The van der Waals surface area contributed by atoms with E-state index in [4.69, 9.17) is 10.9 Å². The van der Waals surface area contributed by atoms with Gasteiger partial charge in [0.1, 0.15) is 5.71 Å². The Morgan fingerprint density at radius 3 is 2.68 bits per heavy atom. The number of benzene rings is 2. The third-order valence-corrected chi connectivity index (χ3v) is 6.03. The Balaban J connectivity index is 1.72. The smallest absolute Gasteiger partial charge is 0.269 e. The van der Waals surface area contributed by atoms with Crippen LogP contribution < -0.4 is 11.1 Å². The van der Waals surface area contributed by atoms with Crippen LogP contribution in [0.25, 0.3) is 0 Å². The molecule has 1 amide bonds. The zero-order valence-corrected chi connectivity index (χ0v) is 16.5. The van der Waals surface area contributed by atoms with Crippen molar-refractivity contribution in [3.63, 3.8) is 0 Å². The van der Waals surface area contributed by atoms with Gasteiger partial charge >= 0.3 is 0 Å². The summed E-state index contributed by atoms with van der Waals surface area (Å²) in [5, 5.41) is 15.0. The van der Waals surface area contributed by atoms with Gasteiger partial charge in [0.15, 0.2) is 0 Å². The van der Waals surface area contributed by atoms with Gasteiger partial charge in [0.25, 0.3) is 5.91 Å². The maximum absolute atomic E-state index is 12.1. The number of amides is 1. The van der Waals surface area contributed by atoms with Gasteiger partial charge in [0.2, 0.25) is 0 Å². The number of nitrogens with two attached hydrogens (primary N) is 1. The monoisotopic (exact) mass is 439 g/mol. The van der Waals surface area contributed by atoms with E-state index < -0.39 is 0 Å². The van der Waals surface area contributed by atoms with Crippen LogP contribution >= 0.6 is 37.5 Å². The number of carbonyl (C=O) groups excluding carboxylic acids is 1. The van der Waals surface area contributed by atoms with E-state index in [-0.39, 0.29) is 18.0 Å². The van der Waals surface area contributed by atoms with Gasteiger partial charge < -0.3 is 16.3 Å². The molecule has 0 unspecified atom stereocenters. The molecule has 0 aromatic heterocycles. The Morgan fingerprint density at radius 2 is 2.00 bits per heavy atom. The van der Waals surface area contributed by atoms with Crippen molar-refractivity contribution < 1.29 is 10.0 Å². The summed E-state index contributed by atoms with van der Waals surface area (Å²) in [6.45, 7) is 0.489. The molecule has 4 N–H and O–H groups in total. The largest absolute Gasteiger partial charge is 0.410 e. The van der Waals surface area contributed by atoms with E-state index in [0.29, 0.717) is 6.54 Å². The Hall–Kier alpha value is -1.64. The molecule has 0 saturated carbocycles. The van der Waals surface area contributed by atoms with Crippen LogP contribution in [-0.2, 0) is 11.2 Å². The van der Waals surface area contributed by atoms with Crippen molar-refractivity contribution in [3.05, 3.63) is 58.6 Å². The number of carbonyl (C=O) groups is 1. The van der Waals surface area contributed by atoms with Crippen molar-refractivity contribution in [2.24, 2.45) is 5.16 Å². The summed E-state index contributed by atoms with van der Waals surface area (Å²) in [7, 11) is 3.26. The number of nitrogen functional groups attached to an aromatic ring is 1. The summed E-state index contributed by atoms with van der Waals surface area (Å²) in [6.07, 6.45) is 0.273. The lowest BCUT2D eigenvalue weighted by atomic mass is 10.1. The molecule has 0 radical (unpaired) electrons. The van der Waals surface area contributed by atoms with Gasteiger partial charge in [-0.25, -0.2) is 0 Å². The van der Waals surface area contributed by atoms with E-state index in [1.54, 1.807) is 21.6 Å². The number of hydrogen-bond acceptors (Lipinski definition) is 6. The number of rotatable bonds is 8. The average molecular weight is 440 g/mol. The second kappa shape index (κ2) is 10.4. The normalized spacial score (nSPS) is 11.3. The summed E-state index contributed by atoms with van der Waals surface area (Å²) in [5.74, 6) is 0.372. The molecule has 0 aliphatic heterocycles. The minimum Gasteiger partial charge on any atom is -0.410 e. The first-order valence-corrected chi connectivity index (χ1v) is 10.6. The van der Waals surface area contributed by atoms with Crippen molar-refractivity contribution in [2.75, 3.05) is 18.0 Å². The Bertz CT molecular complexity index is 739. The second-order valence-corrected chi connectivity index (χ2v) is 8.49. The van der Waals surface area contributed by atoms with E-state index in [1.807, 2.05) is 48.5 Å². The number of nitrogens with zero attached hydrogens (tertiary/aromatic N) is 1. The van der Waals surface area contributed by atoms with Gasteiger partial charge in [-0.15, -0.1) is 0 Å². The first-order chi connectivity index (χ1) is 12.1. The Labute approximate surface area is 163 Å². The minimum absolute atomic E-state index is 0.0919. The molecule has 0 aliphatic carbocycles. The highest BCUT2D eigenvalue weighted by Gasteiger charge is 2.12. The molecule has 0 aliphatic rings. The first kappa shape index (κ1) is 19.7. The van der Waals surface area contributed by atoms with Crippen LogP contribution in [0.1, 0.15) is 5.56 Å². The average Bonchev–Trinajstić information content (AvgIpc) is 2.61. The molecule has 25 heavy (non-hydrogen) atoms. The highest BCUT2D eigenvalue weighted by molar-refractivity contribution is 9.10. The molecule has 2 rings (SSSR count). The van der Waals surface area contributed by atoms with E-state index in [9.17, 15) is 4.79 Å². The molecule has 0 spiro atoms. The van der Waals surface area contributed by atoms with Crippen LogP contribution in [0.4, 0.5) is 5.69 Å². The third-order valence-electron chi connectivity index (χ3n) is 3.15. The third kappa shape index (κ3) is 7.01.